The predicted molar refractivity (Wildman–Crippen MR) is 92.6 cm³/mol. The average Bonchev–Trinajstić information content (AvgIpc) is 3.10. The third-order valence-electron chi connectivity index (χ3n) is 6.06. The zero-order chi connectivity index (χ0) is 15.6. The van der Waals surface area contributed by atoms with Gasteiger partial charge >= 0.3 is 0 Å². The summed E-state index contributed by atoms with van der Waals surface area (Å²) in [5.74, 6) is 2.81. The van der Waals surface area contributed by atoms with Crippen molar-refractivity contribution in [1.82, 2.24) is 10.2 Å². The third-order valence-corrected chi connectivity index (χ3v) is 6.06. The van der Waals surface area contributed by atoms with Gasteiger partial charge in [0.15, 0.2) is 0 Å². The summed E-state index contributed by atoms with van der Waals surface area (Å²) in [6.45, 7) is 14.5. The second-order valence-electron chi connectivity index (χ2n) is 8.92. The van der Waals surface area contributed by atoms with Crippen LogP contribution in [-0.4, -0.2) is 37.1 Å². The first-order valence-corrected chi connectivity index (χ1v) is 9.26. The molecule has 2 fully saturated rings. The molecular weight excluding hydrogens is 256 g/mol. The smallest absolute Gasteiger partial charge is 0.0249 e. The van der Waals surface area contributed by atoms with Crippen molar-refractivity contribution < 1.29 is 0 Å². The minimum Gasteiger partial charge on any atom is -0.312 e. The van der Waals surface area contributed by atoms with Gasteiger partial charge in [0.05, 0.1) is 0 Å². The van der Waals surface area contributed by atoms with Crippen LogP contribution in [0.25, 0.3) is 0 Å². The lowest BCUT2D eigenvalue weighted by Crippen LogP contribution is -2.54. The normalized spacial score (nSPS) is 37.0. The highest BCUT2D eigenvalue weighted by Gasteiger charge is 2.40. The van der Waals surface area contributed by atoms with Gasteiger partial charge in [-0.2, -0.15) is 0 Å². The van der Waals surface area contributed by atoms with Gasteiger partial charge in [0.1, 0.15) is 0 Å². The SMILES string of the molecule is CCCNC1CCC(C(C)(C)C)CC1N(C)CC1CC1C. The van der Waals surface area contributed by atoms with Crippen LogP contribution in [0.5, 0.6) is 0 Å². The second-order valence-corrected chi connectivity index (χ2v) is 8.92. The molecule has 0 heterocycles. The molecule has 2 nitrogen and oxygen atoms in total. The lowest BCUT2D eigenvalue weighted by atomic mass is 9.69. The molecule has 2 aliphatic rings. The summed E-state index contributed by atoms with van der Waals surface area (Å²) in [7, 11) is 2.38. The van der Waals surface area contributed by atoms with Crippen molar-refractivity contribution >= 4 is 0 Å². The van der Waals surface area contributed by atoms with Crippen molar-refractivity contribution in [2.24, 2.45) is 23.2 Å². The molecule has 5 atom stereocenters. The van der Waals surface area contributed by atoms with Crippen LogP contribution in [0, 0.1) is 23.2 Å². The Labute approximate surface area is 133 Å². The van der Waals surface area contributed by atoms with Gasteiger partial charge in [-0.1, -0.05) is 34.6 Å². The predicted octanol–water partition coefficient (Wildman–Crippen LogP) is 4.16. The van der Waals surface area contributed by atoms with Crippen molar-refractivity contribution in [3.63, 3.8) is 0 Å². The van der Waals surface area contributed by atoms with Gasteiger partial charge in [0.2, 0.25) is 0 Å². The van der Waals surface area contributed by atoms with E-state index in [0.717, 1.165) is 23.8 Å². The molecule has 0 saturated heterocycles. The molecule has 0 spiro atoms. The van der Waals surface area contributed by atoms with Crippen LogP contribution >= 0.6 is 0 Å². The highest BCUT2D eigenvalue weighted by atomic mass is 15.2. The topological polar surface area (TPSA) is 15.3 Å². The minimum atomic E-state index is 0.460. The highest BCUT2D eigenvalue weighted by molar-refractivity contribution is 4.95. The lowest BCUT2D eigenvalue weighted by molar-refractivity contribution is 0.0694. The van der Waals surface area contributed by atoms with E-state index in [4.69, 9.17) is 0 Å². The van der Waals surface area contributed by atoms with Crippen molar-refractivity contribution in [2.45, 2.75) is 78.8 Å². The van der Waals surface area contributed by atoms with E-state index in [1.165, 1.54) is 45.2 Å². The summed E-state index contributed by atoms with van der Waals surface area (Å²) in [5.41, 5.74) is 0.460. The summed E-state index contributed by atoms with van der Waals surface area (Å²) in [6.07, 6.45) is 6.83. The van der Waals surface area contributed by atoms with Crippen molar-refractivity contribution in [3.05, 3.63) is 0 Å². The number of rotatable bonds is 6. The Balaban J connectivity index is 1.97. The summed E-state index contributed by atoms with van der Waals surface area (Å²) in [6, 6.07) is 1.45. The van der Waals surface area contributed by atoms with E-state index in [9.17, 15) is 0 Å². The monoisotopic (exact) mass is 294 g/mol. The molecule has 21 heavy (non-hydrogen) atoms. The third kappa shape index (κ3) is 4.69. The Kier molecular flexibility index (Phi) is 5.76. The van der Waals surface area contributed by atoms with E-state index in [-0.39, 0.29) is 0 Å². The molecule has 0 radical (unpaired) electrons. The van der Waals surface area contributed by atoms with Gasteiger partial charge in [0, 0.05) is 18.6 Å². The van der Waals surface area contributed by atoms with Gasteiger partial charge in [-0.25, -0.2) is 0 Å². The Bertz CT molecular complexity index is 320. The number of hydrogen-bond donors (Lipinski definition) is 1. The molecule has 1 N–H and O–H groups in total. The van der Waals surface area contributed by atoms with E-state index in [0.29, 0.717) is 11.5 Å². The van der Waals surface area contributed by atoms with Gasteiger partial charge in [-0.15, -0.1) is 0 Å². The number of nitrogens with one attached hydrogen (secondary N) is 1. The van der Waals surface area contributed by atoms with Crippen LogP contribution in [0.2, 0.25) is 0 Å². The Morgan fingerprint density at radius 3 is 2.33 bits per heavy atom. The van der Waals surface area contributed by atoms with Crippen LogP contribution < -0.4 is 5.32 Å². The van der Waals surface area contributed by atoms with Gasteiger partial charge in [-0.05, 0) is 68.9 Å². The van der Waals surface area contributed by atoms with Crippen LogP contribution in [0.1, 0.15) is 66.7 Å². The molecule has 2 heteroatoms. The van der Waals surface area contributed by atoms with E-state index in [1.807, 2.05) is 0 Å². The summed E-state index contributed by atoms with van der Waals surface area (Å²) < 4.78 is 0. The van der Waals surface area contributed by atoms with Crippen LogP contribution in [0.4, 0.5) is 0 Å². The zero-order valence-electron chi connectivity index (χ0n) is 15.3. The molecule has 5 unspecified atom stereocenters. The van der Waals surface area contributed by atoms with Crippen LogP contribution in [0.3, 0.4) is 0 Å². The maximum atomic E-state index is 3.84. The first-order chi connectivity index (χ1) is 9.82. The quantitative estimate of drug-likeness (QED) is 0.791. The second kappa shape index (κ2) is 7.00. The Morgan fingerprint density at radius 1 is 1.14 bits per heavy atom. The first-order valence-electron chi connectivity index (χ1n) is 9.26. The number of nitrogens with zero attached hydrogens (tertiary/aromatic N) is 1. The highest BCUT2D eigenvalue weighted by Crippen LogP contribution is 2.42. The molecule has 0 aromatic heterocycles. The molecule has 0 amide bonds. The van der Waals surface area contributed by atoms with Crippen molar-refractivity contribution in [2.75, 3.05) is 20.1 Å². The maximum absolute atomic E-state index is 3.84. The summed E-state index contributed by atoms with van der Waals surface area (Å²) in [4.78, 5) is 2.69. The van der Waals surface area contributed by atoms with Gasteiger partial charge < -0.3 is 10.2 Å². The van der Waals surface area contributed by atoms with E-state index in [1.54, 1.807) is 0 Å². The van der Waals surface area contributed by atoms with Crippen molar-refractivity contribution in [1.29, 1.82) is 0 Å². The van der Waals surface area contributed by atoms with Gasteiger partial charge in [0.25, 0.3) is 0 Å². The van der Waals surface area contributed by atoms with E-state index >= 15 is 0 Å². The molecule has 0 bridgehead atoms. The minimum absolute atomic E-state index is 0.460. The van der Waals surface area contributed by atoms with Gasteiger partial charge in [-0.3, -0.25) is 0 Å². The molecule has 0 aromatic carbocycles. The zero-order valence-corrected chi connectivity index (χ0v) is 15.3. The lowest BCUT2D eigenvalue weighted by Gasteiger charge is -2.45. The molecule has 2 rings (SSSR count). The number of hydrogen-bond acceptors (Lipinski definition) is 2. The summed E-state index contributed by atoms with van der Waals surface area (Å²) in [5, 5.41) is 3.84. The van der Waals surface area contributed by atoms with Crippen LogP contribution in [0.15, 0.2) is 0 Å². The molecule has 0 aliphatic heterocycles. The summed E-state index contributed by atoms with van der Waals surface area (Å²) >= 11 is 0. The van der Waals surface area contributed by atoms with Crippen LogP contribution in [-0.2, 0) is 0 Å². The maximum Gasteiger partial charge on any atom is 0.0249 e. The molecule has 2 aliphatic carbocycles. The molecule has 2 saturated carbocycles. The van der Waals surface area contributed by atoms with E-state index in [2.05, 4.69) is 51.9 Å². The Morgan fingerprint density at radius 2 is 1.81 bits per heavy atom. The molecular formula is C19H38N2. The van der Waals surface area contributed by atoms with Crippen molar-refractivity contribution in [3.8, 4) is 0 Å². The average molecular weight is 295 g/mol. The first kappa shape index (κ1) is 17.3. The Hall–Kier alpha value is -0.0800. The fourth-order valence-corrected chi connectivity index (χ4v) is 4.15. The number of likely N-dealkylation sites (N-methyl/N-ethyl adjacent to an activating group) is 1. The molecule has 0 aromatic rings. The largest absolute Gasteiger partial charge is 0.312 e. The fraction of sp³-hybridized carbons (Fsp3) is 1.00. The molecule has 124 valence electrons. The fourth-order valence-electron chi connectivity index (χ4n) is 4.15. The standard InChI is InChI=1S/C19H38N2/c1-7-10-20-17-9-8-16(19(3,4)5)12-18(17)21(6)13-15-11-14(15)2/h14-18,20H,7-13H2,1-6H3. The van der Waals surface area contributed by atoms with E-state index < -0.39 is 0 Å².